The Kier molecular flexibility index (Phi) is 11.6. The molecule has 2 rings (SSSR count). The quantitative estimate of drug-likeness (QED) is 0.307. The molecule has 1 aliphatic rings. The molecule has 0 radical (unpaired) electrons. The van der Waals surface area contributed by atoms with E-state index in [1.165, 1.54) is 0 Å². The van der Waals surface area contributed by atoms with Gasteiger partial charge >= 0.3 is 0 Å². The number of hydrogen-bond donors (Lipinski definition) is 2. The average molecular weight is 531 g/mol. The summed E-state index contributed by atoms with van der Waals surface area (Å²) in [7, 11) is 1.78. The van der Waals surface area contributed by atoms with Gasteiger partial charge in [0, 0.05) is 57.4 Å². The van der Waals surface area contributed by atoms with Crippen molar-refractivity contribution in [2.75, 3.05) is 53.0 Å². The number of ether oxygens (including phenoxy) is 1. The van der Waals surface area contributed by atoms with E-state index in [9.17, 15) is 4.79 Å². The molecule has 0 spiro atoms. The Hall–Kier alpha value is -1.39. The Balaban J connectivity index is 0.00000450. The summed E-state index contributed by atoms with van der Waals surface area (Å²) in [5.74, 6) is 0.854. The molecule has 1 heterocycles. The number of hydrogen-bond acceptors (Lipinski definition) is 4. The maximum absolute atomic E-state index is 12.4. The third kappa shape index (κ3) is 7.70. The third-order valence-electron chi connectivity index (χ3n) is 5.49. The van der Waals surface area contributed by atoms with Gasteiger partial charge < -0.3 is 20.3 Å². The molecule has 0 bridgehead atoms. The van der Waals surface area contributed by atoms with Crippen LogP contribution in [0, 0.1) is 0 Å². The molecule has 0 aromatic heterocycles. The highest BCUT2D eigenvalue weighted by molar-refractivity contribution is 14.0. The zero-order valence-electron chi connectivity index (χ0n) is 19.0. The van der Waals surface area contributed by atoms with Crippen LogP contribution in [0.25, 0.3) is 0 Å². The molecular formula is C22H38IN5O2. The molecule has 1 aliphatic heterocycles. The summed E-state index contributed by atoms with van der Waals surface area (Å²) in [6, 6.07) is 7.79. The van der Waals surface area contributed by atoms with Crippen LogP contribution < -0.4 is 10.6 Å². The second-order valence-electron chi connectivity index (χ2n) is 7.87. The molecule has 0 saturated carbocycles. The summed E-state index contributed by atoms with van der Waals surface area (Å²) >= 11 is 0. The second kappa shape index (κ2) is 13.1. The van der Waals surface area contributed by atoms with E-state index in [0.29, 0.717) is 6.54 Å². The zero-order chi connectivity index (χ0) is 21.3. The van der Waals surface area contributed by atoms with Crippen molar-refractivity contribution in [1.82, 2.24) is 20.4 Å². The van der Waals surface area contributed by atoms with Crippen molar-refractivity contribution < 1.29 is 9.53 Å². The Morgan fingerprint density at radius 2 is 1.73 bits per heavy atom. The fourth-order valence-electron chi connectivity index (χ4n) is 3.45. The topological polar surface area (TPSA) is 69.2 Å². The number of carbonyl (C=O) groups excluding carboxylic acids is 1. The van der Waals surface area contributed by atoms with E-state index >= 15 is 0 Å². The van der Waals surface area contributed by atoms with E-state index in [4.69, 9.17) is 4.74 Å². The molecule has 1 aromatic rings. The van der Waals surface area contributed by atoms with Crippen molar-refractivity contribution in [3.05, 3.63) is 35.4 Å². The van der Waals surface area contributed by atoms with Crippen LogP contribution in [0.15, 0.2) is 29.3 Å². The van der Waals surface area contributed by atoms with Gasteiger partial charge in [0.15, 0.2) is 5.96 Å². The summed E-state index contributed by atoms with van der Waals surface area (Å²) in [4.78, 5) is 21.0. The molecule has 0 unspecified atom stereocenters. The van der Waals surface area contributed by atoms with Crippen molar-refractivity contribution in [2.45, 2.75) is 39.8 Å². The van der Waals surface area contributed by atoms with Crippen LogP contribution in [0.5, 0.6) is 0 Å². The molecule has 0 aliphatic carbocycles. The van der Waals surface area contributed by atoms with Crippen LogP contribution in [0.1, 0.15) is 43.6 Å². The van der Waals surface area contributed by atoms with Gasteiger partial charge in [-0.2, -0.15) is 0 Å². The lowest BCUT2D eigenvalue weighted by atomic mass is 10.0. The summed E-state index contributed by atoms with van der Waals surface area (Å²) in [5.41, 5.74) is 1.86. The Labute approximate surface area is 198 Å². The van der Waals surface area contributed by atoms with Gasteiger partial charge in [0.05, 0.1) is 13.2 Å². The number of rotatable bonds is 8. The first kappa shape index (κ1) is 26.6. The highest BCUT2D eigenvalue weighted by atomic mass is 127. The highest BCUT2D eigenvalue weighted by Crippen LogP contribution is 2.15. The fourth-order valence-corrected chi connectivity index (χ4v) is 3.45. The van der Waals surface area contributed by atoms with E-state index in [2.05, 4.69) is 34.4 Å². The van der Waals surface area contributed by atoms with Gasteiger partial charge in [-0.05, 0) is 45.4 Å². The number of nitrogens with one attached hydrogen (secondary N) is 2. The Morgan fingerprint density at radius 3 is 2.27 bits per heavy atom. The third-order valence-corrected chi connectivity index (χ3v) is 5.49. The minimum atomic E-state index is 0. The molecule has 30 heavy (non-hydrogen) atoms. The molecule has 1 aromatic carbocycles. The van der Waals surface area contributed by atoms with Crippen LogP contribution in [-0.4, -0.2) is 80.2 Å². The first-order valence-electron chi connectivity index (χ1n) is 10.6. The average Bonchev–Trinajstić information content (AvgIpc) is 2.75. The van der Waals surface area contributed by atoms with Crippen LogP contribution in [0.2, 0.25) is 0 Å². The Bertz CT molecular complexity index is 669. The monoisotopic (exact) mass is 531 g/mol. The lowest BCUT2D eigenvalue weighted by molar-refractivity contribution is -0.00834. The summed E-state index contributed by atoms with van der Waals surface area (Å²) < 4.78 is 5.46. The van der Waals surface area contributed by atoms with Gasteiger partial charge in [0.25, 0.3) is 5.91 Å². The number of amides is 1. The summed E-state index contributed by atoms with van der Waals surface area (Å²) in [6.07, 6.45) is 0. The van der Waals surface area contributed by atoms with Crippen molar-refractivity contribution >= 4 is 35.8 Å². The molecule has 2 N–H and O–H groups in total. The molecule has 170 valence electrons. The standard InChI is InChI=1S/C22H37N5O2.HI/c1-6-26(7-2)20(28)19-10-8-18(9-11-19)16-24-21(23-5)25-17-22(3,4)27-12-14-29-15-13-27;/h8-11H,6-7,12-17H2,1-5H3,(H2,23,24,25);1H. The highest BCUT2D eigenvalue weighted by Gasteiger charge is 2.28. The van der Waals surface area contributed by atoms with Gasteiger partial charge in [0.2, 0.25) is 0 Å². The molecular weight excluding hydrogens is 493 g/mol. The number of halogens is 1. The van der Waals surface area contributed by atoms with Crippen LogP contribution in [-0.2, 0) is 11.3 Å². The maximum Gasteiger partial charge on any atom is 0.253 e. The lowest BCUT2D eigenvalue weighted by Gasteiger charge is -2.41. The van der Waals surface area contributed by atoms with Crippen LogP contribution in [0.4, 0.5) is 0 Å². The number of morpholine rings is 1. The molecule has 1 amide bonds. The maximum atomic E-state index is 12.4. The van der Waals surface area contributed by atoms with Gasteiger partial charge in [0.1, 0.15) is 0 Å². The zero-order valence-corrected chi connectivity index (χ0v) is 21.4. The number of benzene rings is 1. The summed E-state index contributed by atoms with van der Waals surface area (Å²) in [6.45, 7) is 14.9. The largest absolute Gasteiger partial charge is 0.379 e. The van der Waals surface area contributed by atoms with Crippen molar-refractivity contribution in [3.8, 4) is 0 Å². The first-order valence-corrected chi connectivity index (χ1v) is 10.6. The van der Waals surface area contributed by atoms with E-state index in [1.54, 1.807) is 7.05 Å². The lowest BCUT2D eigenvalue weighted by Crippen LogP contribution is -2.56. The minimum absolute atomic E-state index is 0. The molecule has 1 fully saturated rings. The predicted molar refractivity (Wildman–Crippen MR) is 134 cm³/mol. The van der Waals surface area contributed by atoms with Crippen LogP contribution in [0.3, 0.4) is 0 Å². The normalized spacial score (nSPS) is 15.3. The predicted octanol–water partition coefficient (Wildman–Crippen LogP) is 2.56. The first-order chi connectivity index (χ1) is 13.9. The SMILES string of the molecule is CCN(CC)C(=O)c1ccc(CNC(=NC)NCC(C)(C)N2CCOCC2)cc1.I. The van der Waals surface area contributed by atoms with Gasteiger partial charge in [-0.3, -0.25) is 14.7 Å². The van der Waals surface area contributed by atoms with Crippen LogP contribution >= 0.6 is 24.0 Å². The fraction of sp³-hybridized carbons (Fsp3) is 0.636. The van der Waals surface area contributed by atoms with E-state index < -0.39 is 0 Å². The van der Waals surface area contributed by atoms with Gasteiger partial charge in [-0.25, -0.2) is 0 Å². The Morgan fingerprint density at radius 1 is 1.13 bits per heavy atom. The van der Waals surface area contributed by atoms with Crippen molar-refractivity contribution in [2.24, 2.45) is 4.99 Å². The molecule has 0 atom stereocenters. The number of aliphatic imine (C=N–C) groups is 1. The molecule has 7 nitrogen and oxygen atoms in total. The van der Waals surface area contributed by atoms with Crippen molar-refractivity contribution in [3.63, 3.8) is 0 Å². The molecule has 1 saturated heterocycles. The van der Waals surface area contributed by atoms with Gasteiger partial charge in [-0.15, -0.1) is 24.0 Å². The number of carbonyl (C=O) groups is 1. The van der Waals surface area contributed by atoms with E-state index in [-0.39, 0.29) is 35.4 Å². The van der Waals surface area contributed by atoms with Crippen molar-refractivity contribution in [1.29, 1.82) is 0 Å². The minimum Gasteiger partial charge on any atom is -0.379 e. The number of guanidine groups is 1. The van der Waals surface area contributed by atoms with E-state index in [0.717, 1.165) is 63.0 Å². The van der Waals surface area contributed by atoms with Gasteiger partial charge in [-0.1, -0.05) is 12.1 Å². The van der Waals surface area contributed by atoms with E-state index in [1.807, 2.05) is 43.0 Å². The molecule has 8 heteroatoms. The second-order valence-corrected chi connectivity index (χ2v) is 7.87. The number of nitrogens with zero attached hydrogens (tertiary/aromatic N) is 3. The smallest absolute Gasteiger partial charge is 0.253 e. The summed E-state index contributed by atoms with van der Waals surface area (Å²) in [5, 5.41) is 6.79.